The fraction of sp³-hybridized carbons (Fsp3) is 0.158. The van der Waals surface area contributed by atoms with Gasteiger partial charge in [-0.15, -0.1) is 0 Å². The highest BCUT2D eigenvalue weighted by molar-refractivity contribution is 5.83. The van der Waals surface area contributed by atoms with Crippen LogP contribution in [0.2, 0.25) is 0 Å². The number of anilines is 1. The van der Waals surface area contributed by atoms with Gasteiger partial charge in [0.05, 0.1) is 29.0 Å². The lowest BCUT2D eigenvalue weighted by molar-refractivity contribution is 0.833. The zero-order valence-electron chi connectivity index (χ0n) is 13.6. The number of para-hydroxylation sites is 1. The lowest BCUT2D eigenvalue weighted by atomic mass is 10.2. The Balaban J connectivity index is 1.82. The zero-order chi connectivity index (χ0) is 16.2. The fourth-order valence-corrected chi connectivity index (χ4v) is 2.46. The first-order chi connectivity index (χ1) is 11.1. The zero-order valence-corrected chi connectivity index (χ0v) is 13.6. The van der Waals surface area contributed by atoms with E-state index in [9.17, 15) is 0 Å². The van der Waals surface area contributed by atoms with E-state index in [1.807, 2.05) is 60.3 Å². The van der Waals surface area contributed by atoms with E-state index in [1.165, 1.54) is 5.56 Å². The summed E-state index contributed by atoms with van der Waals surface area (Å²) in [6.07, 6.45) is 1.83. The van der Waals surface area contributed by atoms with Gasteiger partial charge in [0.25, 0.3) is 0 Å². The average Bonchev–Trinajstić information content (AvgIpc) is 2.85. The molecule has 0 radical (unpaired) electrons. The summed E-state index contributed by atoms with van der Waals surface area (Å²) in [6.45, 7) is 6.12. The second kappa shape index (κ2) is 6.48. The molecule has 2 aromatic carbocycles. The Morgan fingerprint density at radius 1 is 0.957 bits per heavy atom. The van der Waals surface area contributed by atoms with Crippen molar-refractivity contribution in [3.05, 3.63) is 77.1 Å². The number of rotatable bonds is 4. The molecule has 0 saturated carbocycles. The van der Waals surface area contributed by atoms with Crippen molar-refractivity contribution in [1.82, 2.24) is 9.78 Å². The second-order valence-corrected chi connectivity index (χ2v) is 5.57. The van der Waals surface area contributed by atoms with Crippen molar-refractivity contribution in [2.45, 2.75) is 20.8 Å². The predicted molar refractivity (Wildman–Crippen MR) is 95.4 cm³/mol. The smallest absolute Gasteiger partial charge is 0.0689 e. The average molecular weight is 304 g/mol. The molecule has 116 valence electrons. The topological polar surface area (TPSA) is 42.2 Å². The highest BCUT2D eigenvalue weighted by Gasteiger charge is 2.10. The number of aryl methyl sites for hydroxylation is 2. The number of hydrogen-bond acceptors (Lipinski definition) is 3. The highest BCUT2D eigenvalue weighted by atomic mass is 15.3. The van der Waals surface area contributed by atoms with Gasteiger partial charge in [-0.05, 0) is 45.0 Å². The summed E-state index contributed by atoms with van der Waals surface area (Å²) < 4.78 is 1.95. The minimum Gasteiger partial charge on any atom is -0.279 e. The van der Waals surface area contributed by atoms with Crippen LogP contribution in [0, 0.1) is 20.8 Å². The molecule has 0 bridgehead atoms. The Bertz CT molecular complexity index is 815. The van der Waals surface area contributed by atoms with Crippen LogP contribution in [0.1, 0.15) is 22.5 Å². The second-order valence-electron chi connectivity index (χ2n) is 5.57. The molecule has 0 aliphatic carbocycles. The van der Waals surface area contributed by atoms with Gasteiger partial charge in [0.1, 0.15) is 0 Å². The molecule has 0 unspecified atom stereocenters. The number of hydrazone groups is 1. The molecular formula is C19H20N4. The number of aromatic nitrogens is 2. The highest BCUT2D eigenvalue weighted by Crippen LogP contribution is 2.16. The molecule has 4 nitrogen and oxygen atoms in total. The molecule has 0 aliphatic heterocycles. The molecule has 0 amide bonds. The summed E-state index contributed by atoms with van der Waals surface area (Å²) in [5.74, 6) is 0. The third-order valence-corrected chi connectivity index (χ3v) is 3.79. The molecule has 0 fully saturated rings. The van der Waals surface area contributed by atoms with Gasteiger partial charge in [-0.1, -0.05) is 35.9 Å². The van der Waals surface area contributed by atoms with E-state index in [2.05, 4.69) is 41.6 Å². The van der Waals surface area contributed by atoms with Crippen molar-refractivity contribution >= 4 is 11.9 Å². The first kappa shape index (κ1) is 15.0. The van der Waals surface area contributed by atoms with E-state index < -0.39 is 0 Å². The molecule has 0 aliphatic rings. The molecule has 4 heteroatoms. The van der Waals surface area contributed by atoms with Crippen LogP contribution >= 0.6 is 0 Å². The molecule has 0 atom stereocenters. The molecule has 0 saturated heterocycles. The van der Waals surface area contributed by atoms with E-state index in [0.717, 1.165) is 28.3 Å². The molecule has 0 spiro atoms. The summed E-state index contributed by atoms with van der Waals surface area (Å²) in [5, 5.41) is 8.96. The summed E-state index contributed by atoms with van der Waals surface area (Å²) >= 11 is 0. The van der Waals surface area contributed by atoms with Gasteiger partial charge in [0.2, 0.25) is 0 Å². The van der Waals surface area contributed by atoms with Gasteiger partial charge >= 0.3 is 0 Å². The Hall–Kier alpha value is -2.88. The Morgan fingerprint density at radius 3 is 2.35 bits per heavy atom. The Kier molecular flexibility index (Phi) is 4.24. The van der Waals surface area contributed by atoms with Gasteiger partial charge in [-0.2, -0.15) is 10.2 Å². The number of benzene rings is 2. The SMILES string of the molecule is Cc1ccc(N/N=C\c2c(C)nn(-c3ccccc3)c2C)cc1. The van der Waals surface area contributed by atoms with Crippen LogP contribution in [0.5, 0.6) is 0 Å². The third-order valence-electron chi connectivity index (χ3n) is 3.79. The first-order valence-corrected chi connectivity index (χ1v) is 7.62. The van der Waals surface area contributed by atoms with Crippen LogP contribution in [-0.4, -0.2) is 16.0 Å². The van der Waals surface area contributed by atoms with Crippen LogP contribution in [0.25, 0.3) is 5.69 Å². The summed E-state index contributed by atoms with van der Waals surface area (Å²) in [7, 11) is 0. The van der Waals surface area contributed by atoms with E-state index in [4.69, 9.17) is 0 Å². The standard InChI is InChI=1S/C19H20N4/c1-14-9-11-17(12-10-14)21-20-13-19-15(2)22-23(16(19)3)18-7-5-4-6-8-18/h4-13,21H,1-3H3/b20-13-. The van der Waals surface area contributed by atoms with Crippen molar-refractivity contribution in [3.8, 4) is 5.69 Å². The van der Waals surface area contributed by atoms with Crippen molar-refractivity contribution in [2.24, 2.45) is 5.10 Å². The first-order valence-electron chi connectivity index (χ1n) is 7.62. The van der Waals surface area contributed by atoms with Crippen molar-refractivity contribution in [2.75, 3.05) is 5.43 Å². The quantitative estimate of drug-likeness (QED) is 0.578. The lowest BCUT2D eigenvalue weighted by Crippen LogP contribution is -1.99. The van der Waals surface area contributed by atoms with Gasteiger partial charge in [0, 0.05) is 5.56 Å². The van der Waals surface area contributed by atoms with Gasteiger partial charge in [-0.25, -0.2) is 4.68 Å². The largest absolute Gasteiger partial charge is 0.279 e. The van der Waals surface area contributed by atoms with E-state index in [1.54, 1.807) is 0 Å². The number of nitrogens with zero attached hydrogens (tertiary/aromatic N) is 3. The van der Waals surface area contributed by atoms with E-state index >= 15 is 0 Å². The van der Waals surface area contributed by atoms with Crippen molar-refractivity contribution in [1.29, 1.82) is 0 Å². The van der Waals surface area contributed by atoms with Crippen LogP contribution in [0.4, 0.5) is 5.69 Å². The maximum atomic E-state index is 4.62. The molecule has 3 rings (SSSR count). The minimum absolute atomic E-state index is 0.959. The monoisotopic (exact) mass is 304 g/mol. The van der Waals surface area contributed by atoms with Gasteiger partial charge in [0.15, 0.2) is 0 Å². The lowest BCUT2D eigenvalue weighted by Gasteiger charge is -2.03. The third kappa shape index (κ3) is 3.31. The minimum atomic E-state index is 0.959. The maximum Gasteiger partial charge on any atom is 0.0689 e. The summed E-state index contributed by atoms with van der Waals surface area (Å²) in [6, 6.07) is 18.3. The fourth-order valence-electron chi connectivity index (χ4n) is 2.46. The van der Waals surface area contributed by atoms with Gasteiger partial charge < -0.3 is 0 Å². The predicted octanol–water partition coefficient (Wildman–Crippen LogP) is 4.24. The van der Waals surface area contributed by atoms with Crippen LogP contribution < -0.4 is 5.43 Å². The Morgan fingerprint density at radius 2 is 1.65 bits per heavy atom. The number of hydrogen-bond donors (Lipinski definition) is 1. The van der Waals surface area contributed by atoms with Crippen LogP contribution in [-0.2, 0) is 0 Å². The number of nitrogens with one attached hydrogen (secondary N) is 1. The van der Waals surface area contributed by atoms with Crippen LogP contribution in [0.3, 0.4) is 0 Å². The summed E-state index contributed by atoms with van der Waals surface area (Å²) in [5.41, 5.74) is 9.38. The van der Waals surface area contributed by atoms with Gasteiger partial charge in [-0.3, -0.25) is 5.43 Å². The molecular weight excluding hydrogens is 284 g/mol. The Labute approximate surface area is 136 Å². The van der Waals surface area contributed by atoms with Crippen molar-refractivity contribution in [3.63, 3.8) is 0 Å². The summed E-state index contributed by atoms with van der Waals surface area (Å²) in [4.78, 5) is 0. The molecule has 23 heavy (non-hydrogen) atoms. The van der Waals surface area contributed by atoms with Crippen molar-refractivity contribution < 1.29 is 0 Å². The van der Waals surface area contributed by atoms with E-state index in [0.29, 0.717) is 0 Å². The molecule has 1 aromatic heterocycles. The van der Waals surface area contributed by atoms with Crippen LogP contribution in [0.15, 0.2) is 59.7 Å². The molecule has 3 aromatic rings. The van der Waals surface area contributed by atoms with E-state index in [-0.39, 0.29) is 0 Å². The molecule has 1 heterocycles. The normalized spacial score (nSPS) is 11.1. The molecule has 1 N–H and O–H groups in total. The maximum absolute atomic E-state index is 4.62.